The molecule has 1 saturated carbocycles. The summed E-state index contributed by atoms with van der Waals surface area (Å²) in [6, 6.07) is 17.0. The van der Waals surface area contributed by atoms with E-state index in [4.69, 9.17) is 4.98 Å². The Kier molecular flexibility index (Phi) is 6.60. The molecule has 168 valence electrons. The first kappa shape index (κ1) is 22.5. The molecule has 1 aliphatic carbocycles. The molecule has 5 nitrogen and oxygen atoms in total. The average molecular weight is 451 g/mol. The lowest BCUT2D eigenvalue weighted by molar-refractivity contribution is 0.0920. The number of carbonyl (C=O) groups is 1. The van der Waals surface area contributed by atoms with E-state index in [1.807, 2.05) is 54.6 Å². The molecule has 1 atom stereocenters. The Morgan fingerprint density at radius 3 is 2.38 bits per heavy atom. The van der Waals surface area contributed by atoms with E-state index in [0.717, 1.165) is 18.4 Å². The van der Waals surface area contributed by atoms with Gasteiger partial charge in [0.25, 0.3) is 5.91 Å². The predicted molar refractivity (Wildman–Crippen MR) is 129 cm³/mol. The van der Waals surface area contributed by atoms with E-state index in [9.17, 15) is 13.2 Å². The zero-order valence-electron chi connectivity index (χ0n) is 18.7. The third kappa shape index (κ3) is 5.01. The maximum atomic E-state index is 13.7. The van der Waals surface area contributed by atoms with Crippen LogP contribution in [0.15, 0.2) is 54.6 Å². The van der Waals surface area contributed by atoms with Gasteiger partial charge in [-0.2, -0.15) is 0 Å². The van der Waals surface area contributed by atoms with E-state index in [1.165, 1.54) is 25.5 Å². The van der Waals surface area contributed by atoms with Crippen LogP contribution in [0.5, 0.6) is 0 Å². The Labute approximate surface area is 190 Å². The van der Waals surface area contributed by atoms with Gasteiger partial charge in [0, 0.05) is 28.8 Å². The van der Waals surface area contributed by atoms with Gasteiger partial charge in [0.1, 0.15) is 0 Å². The number of nitrogens with zero attached hydrogens (tertiary/aromatic N) is 1. The highest BCUT2D eigenvalue weighted by atomic mass is 32.2. The van der Waals surface area contributed by atoms with Crippen LogP contribution < -0.4 is 5.32 Å². The van der Waals surface area contributed by atoms with Crippen LogP contribution in [-0.2, 0) is 15.6 Å². The summed E-state index contributed by atoms with van der Waals surface area (Å²) in [5, 5.41) is 3.88. The molecule has 0 radical (unpaired) electrons. The van der Waals surface area contributed by atoms with Gasteiger partial charge >= 0.3 is 0 Å². The largest absolute Gasteiger partial charge is 0.349 e. The number of sulfone groups is 1. The summed E-state index contributed by atoms with van der Waals surface area (Å²) in [5.41, 5.74) is 2.91. The van der Waals surface area contributed by atoms with Crippen molar-refractivity contribution in [1.82, 2.24) is 10.3 Å². The zero-order chi connectivity index (χ0) is 22.7. The molecule has 32 heavy (non-hydrogen) atoms. The van der Waals surface area contributed by atoms with Crippen LogP contribution in [0.25, 0.3) is 22.2 Å². The maximum Gasteiger partial charge on any atom is 0.252 e. The number of nitrogens with one attached hydrogen (secondary N) is 1. The summed E-state index contributed by atoms with van der Waals surface area (Å²) in [4.78, 5) is 18.5. The molecule has 3 aromatic rings. The molecule has 0 bridgehead atoms. The fourth-order valence-electron chi connectivity index (χ4n) is 4.78. The summed E-state index contributed by atoms with van der Waals surface area (Å²) in [6.45, 7) is 2.06. The normalized spacial score (nSPS) is 16.1. The summed E-state index contributed by atoms with van der Waals surface area (Å²) >= 11 is 0. The van der Waals surface area contributed by atoms with Crippen molar-refractivity contribution < 1.29 is 13.2 Å². The molecule has 0 spiro atoms. The van der Waals surface area contributed by atoms with Crippen molar-refractivity contribution in [2.24, 2.45) is 5.92 Å². The molecule has 1 amide bonds. The molecular weight excluding hydrogens is 420 g/mol. The van der Waals surface area contributed by atoms with Crippen LogP contribution >= 0.6 is 0 Å². The second kappa shape index (κ2) is 9.41. The number of amides is 1. The maximum absolute atomic E-state index is 13.7. The van der Waals surface area contributed by atoms with Gasteiger partial charge in [0.05, 0.1) is 22.5 Å². The average Bonchev–Trinajstić information content (AvgIpc) is 2.78. The molecule has 1 N–H and O–H groups in total. The van der Waals surface area contributed by atoms with Crippen molar-refractivity contribution in [3.63, 3.8) is 0 Å². The smallest absolute Gasteiger partial charge is 0.252 e. The Hall–Kier alpha value is -2.73. The number of hydrogen-bond donors (Lipinski definition) is 1. The van der Waals surface area contributed by atoms with E-state index >= 15 is 0 Å². The van der Waals surface area contributed by atoms with Gasteiger partial charge in [-0.3, -0.25) is 4.79 Å². The second-order valence-electron chi connectivity index (χ2n) is 8.93. The topological polar surface area (TPSA) is 76.1 Å². The van der Waals surface area contributed by atoms with Crippen LogP contribution in [0.1, 0.15) is 54.9 Å². The second-order valence-corrected chi connectivity index (χ2v) is 11.1. The number of fused-ring (bicyclic) bond motifs is 1. The minimum Gasteiger partial charge on any atom is -0.349 e. The molecule has 0 saturated heterocycles. The van der Waals surface area contributed by atoms with Crippen molar-refractivity contribution in [3.05, 3.63) is 65.7 Å². The number of pyridine rings is 1. The molecular formula is C26H30N2O3S. The summed E-state index contributed by atoms with van der Waals surface area (Å²) in [7, 11) is -3.40. The fourth-order valence-corrected chi connectivity index (χ4v) is 5.58. The molecule has 1 fully saturated rings. The van der Waals surface area contributed by atoms with Crippen LogP contribution in [0.4, 0.5) is 0 Å². The Morgan fingerprint density at radius 2 is 1.69 bits per heavy atom. The molecule has 1 unspecified atom stereocenters. The molecule has 2 aromatic carbocycles. The lowest BCUT2D eigenvalue weighted by atomic mass is 9.84. The van der Waals surface area contributed by atoms with E-state index in [-0.39, 0.29) is 17.7 Å². The first-order chi connectivity index (χ1) is 15.3. The predicted octanol–water partition coefficient (Wildman–Crippen LogP) is 5.15. The number of aromatic nitrogens is 1. The third-order valence-corrected chi connectivity index (χ3v) is 7.20. The first-order valence-corrected chi connectivity index (χ1v) is 13.3. The highest BCUT2D eigenvalue weighted by Gasteiger charge is 2.27. The van der Waals surface area contributed by atoms with Crippen molar-refractivity contribution in [2.75, 3.05) is 6.26 Å². The van der Waals surface area contributed by atoms with Gasteiger partial charge in [-0.25, -0.2) is 13.4 Å². The zero-order valence-corrected chi connectivity index (χ0v) is 19.5. The highest BCUT2D eigenvalue weighted by Crippen LogP contribution is 2.32. The molecule has 4 rings (SSSR count). The number of hydrogen-bond acceptors (Lipinski definition) is 4. The first-order valence-electron chi connectivity index (χ1n) is 11.3. The molecule has 6 heteroatoms. The van der Waals surface area contributed by atoms with Crippen molar-refractivity contribution in [1.29, 1.82) is 0 Å². The van der Waals surface area contributed by atoms with Gasteiger partial charge in [-0.05, 0) is 31.7 Å². The van der Waals surface area contributed by atoms with Gasteiger partial charge < -0.3 is 5.32 Å². The number of para-hydroxylation sites is 1. The third-order valence-electron chi connectivity index (χ3n) is 6.39. The lowest BCUT2D eigenvalue weighted by Gasteiger charge is -2.29. The lowest BCUT2D eigenvalue weighted by Crippen LogP contribution is -2.39. The Bertz CT molecular complexity index is 1220. The number of benzene rings is 2. The fraction of sp³-hybridized carbons (Fsp3) is 0.385. The number of rotatable bonds is 6. The van der Waals surface area contributed by atoms with Crippen molar-refractivity contribution >= 4 is 26.6 Å². The summed E-state index contributed by atoms with van der Waals surface area (Å²) in [6.07, 6.45) is 7.07. The minimum atomic E-state index is -3.40. The van der Waals surface area contributed by atoms with E-state index < -0.39 is 9.84 Å². The summed E-state index contributed by atoms with van der Waals surface area (Å²) in [5.74, 6) is -0.0134. The minimum absolute atomic E-state index is 0.0287. The van der Waals surface area contributed by atoms with Gasteiger partial charge in [-0.1, -0.05) is 67.8 Å². The molecule has 0 aliphatic heterocycles. The van der Waals surface area contributed by atoms with Crippen LogP contribution in [0, 0.1) is 5.92 Å². The van der Waals surface area contributed by atoms with Crippen LogP contribution in [0.2, 0.25) is 0 Å². The quantitative estimate of drug-likeness (QED) is 0.564. The molecule has 1 aromatic heterocycles. The van der Waals surface area contributed by atoms with Crippen molar-refractivity contribution in [2.45, 2.75) is 50.8 Å². The van der Waals surface area contributed by atoms with Crippen molar-refractivity contribution in [3.8, 4) is 11.3 Å². The number of carbonyl (C=O) groups excluding carboxylic acids is 1. The monoisotopic (exact) mass is 450 g/mol. The molecule has 1 heterocycles. The van der Waals surface area contributed by atoms with Crippen LogP contribution in [0.3, 0.4) is 0 Å². The van der Waals surface area contributed by atoms with E-state index in [1.54, 1.807) is 0 Å². The van der Waals surface area contributed by atoms with Gasteiger partial charge in [0.2, 0.25) is 0 Å². The van der Waals surface area contributed by atoms with Gasteiger partial charge in [0.15, 0.2) is 9.84 Å². The molecule has 1 aliphatic rings. The van der Waals surface area contributed by atoms with Crippen LogP contribution in [-0.4, -0.2) is 31.6 Å². The SMILES string of the molecule is CC(NC(=O)c1c(CS(C)(=O)=O)c(-c2ccccc2)nc2ccccc12)C1CCCCC1. The van der Waals surface area contributed by atoms with E-state index in [0.29, 0.717) is 33.6 Å². The summed E-state index contributed by atoms with van der Waals surface area (Å²) < 4.78 is 24.8. The van der Waals surface area contributed by atoms with Gasteiger partial charge in [-0.15, -0.1) is 0 Å². The standard InChI is InChI=1S/C26H30N2O3S/c1-18(19-11-5-3-6-12-19)27-26(29)24-21-15-9-10-16-23(21)28-25(20-13-7-4-8-14-20)22(24)17-32(2,30)31/h4,7-10,13-16,18-19H,3,5-6,11-12,17H2,1-2H3,(H,27,29). The van der Waals surface area contributed by atoms with E-state index in [2.05, 4.69) is 12.2 Å². The Balaban J connectivity index is 1.86. The Morgan fingerprint density at radius 1 is 1.03 bits per heavy atom. The highest BCUT2D eigenvalue weighted by molar-refractivity contribution is 7.89.